The van der Waals surface area contributed by atoms with Crippen molar-refractivity contribution in [1.82, 2.24) is 36.2 Å². The van der Waals surface area contributed by atoms with Crippen LogP contribution >= 0.6 is 0 Å². The molecule has 0 unspecified atom stereocenters. The maximum atomic E-state index is 13.7. The summed E-state index contributed by atoms with van der Waals surface area (Å²) in [6.45, 7) is 5.70. The van der Waals surface area contributed by atoms with E-state index in [-0.39, 0.29) is 23.6 Å². The summed E-state index contributed by atoms with van der Waals surface area (Å²) in [5.41, 5.74) is 11.9. The molecule has 6 N–H and O–H groups in total. The molecule has 1 aromatic heterocycles. The Kier molecular flexibility index (Phi) is 10.5. The van der Waals surface area contributed by atoms with E-state index in [2.05, 4.69) is 36.6 Å². The van der Waals surface area contributed by atoms with Crippen LogP contribution in [0.15, 0.2) is 66.7 Å². The maximum Gasteiger partial charge on any atom is 0.253 e. The molecule has 1 saturated heterocycles. The number of anilines is 1. The Morgan fingerprint density at radius 3 is 2.29 bits per heavy atom. The van der Waals surface area contributed by atoms with Gasteiger partial charge in [-0.3, -0.25) is 14.4 Å². The van der Waals surface area contributed by atoms with Gasteiger partial charge in [0.25, 0.3) is 5.91 Å². The first-order valence-electron chi connectivity index (χ1n) is 16.7. The van der Waals surface area contributed by atoms with Crippen LogP contribution in [-0.2, 0) is 16.0 Å². The number of aryl methyl sites for hydroxylation is 1. The number of nitrogens with one attached hydrogen (secondary N) is 4. The largest absolute Gasteiger partial charge is 0.344 e. The lowest BCUT2D eigenvalue weighted by Crippen LogP contribution is -2.48. The van der Waals surface area contributed by atoms with Crippen LogP contribution in [0.5, 0.6) is 0 Å². The number of nitrogens with zero attached hydrogens (tertiary/aromatic N) is 4. The number of hydrogen-bond donors (Lipinski definition) is 5. The Hall–Kier alpha value is -4.94. The quantitative estimate of drug-likeness (QED) is 0.174. The Morgan fingerprint density at radius 1 is 0.938 bits per heavy atom. The van der Waals surface area contributed by atoms with Gasteiger partial charge < -0.3 is 26.6 Å². The molecule has 2 fully saturated rings. The molecule has 0 spiro atoms. The van der Waals surface area contributed by atoms with Crippen molar-refractivity contribution in [2.45, 2.75) is 45.1 Å². The zero-order valence-electron chi connectivity index (χ0n) is 27.2. The number of H-pyrrole nitrogens is 1. The molecule has 0 bridgehead atoms. The molecule has 2 heterocycles. The fourth-order valence-corrected chi connectivity index (χ4v) is 6.60. The number of aromatic amines is 1. The van der Waals surface area contributed by atoms with Gasteiger partial charge in [0.1, 0.15) is 6.04 Å². The van der Waals surface area contributed by atoms with E-state index < -0.39 is 6.04 Å². The molecule has 2 aliphatic rings. The monoisotopic (exact) mass is 649 g/mol. The van der Waals surface area contributed by atoms with Crippen LogP contribution in [0.2, 0.25) is 0 Å². The summed E-state index contributed by atoms with van der Waals surface area (Å²) in [5, 5.41) is 23.3. The van der Waals surface area contributed by atoms with Crippen molar-refractivity contribution in [1.29, 1.82) is 0 Å². The smallest absolute Gasteiger partial charge is 0.253 e. The van der Waals surface area contributed by atoms with Gasteiger partial charge in [-0.15, -0.1) is 10.2 Å². The minimum atomic E-state index is -0.774. The van der Waals surface area contributed by atoms with Gasteiger partial charge >= 0.3 is 0 Å². The number of tetrazole rings is 1. The molecule has 3 amide bonds. The standard InChI is InChI=1S/C36H43N9O3/c1-23-20-29(36(48)45-18-16-38-17-19-45)12-15-31(23)26-6-2-24(3-7-26)21-32(40-34(46)28-8-4-25(22-37)5-9-28)35(47)39-30-13-10-27(11-14-30)33-41-43-44-42-33/h2-3,6-7,10-15,20,25,28,32,38H,4-5,8-9,16-19,21-22,37H2,1H3,(H,39,47)(H,40,46)(H,41,42,43,44)/t25?,28?,32-/m0/s1. The number of amides is 3. The molecule has 1 saturated carbocycles. The molecule has 250 valence electrons. The highest BCUT2D eigenvalue weighted by atomic mass is 16.2. The van der Waals surface area contributed by atoms with Crippen molar-refractivity contribution in [2.24, 2.45) is 17.6 Å². The van der Waals surface area contributed by atoms with E-state index in [1.54, 1.807) is 24.3 Å². The van der Waals surface area contributed by atoms with Gasteiger partial charge in [-0.05, 0) is 109 Å². The molecule has 3 aromatic carbocycles. The second-order valence-corrected chi connectivity index (χ2v) is 12.8. The van der Waals surface area contributed by atoms with E-state index in [0.29, 0.717) is 49.0 Å². The van der Waals surface area contributed by atoms with E-state index in [0.717, 1.165) is 66.6 Å². The Bertz CT molecular complexity index is 1690. The molecule has 1 atom stereocenters. The Labute approximate surface area is 280 Å². The Balaban J connectivity index is 1.15. The second-order valence-electron chi connectivity index (χ2n) is 12.8. The van der Waals surface area contributed by atoms with Crippen LogP contribution in [0, 0.1) is 18.8 Å². The Morgan fingerprint density at radius 2 is 1.65 bits per heavy atom. The first-order valence-corrected chi connectivity index (χ1v) is 16.7. The molecule has 4 aromatic rings. The van der Waals surface area contributed by atoms with Crippen LogP contribution in [0.3, 0.4) is 0 Å². The summed E-state index contributed by atoms with van der Waals surface area (Å²) in [6.07, 6.45) is 3.71. The predicted octanol–water partition coefficient (Wildman–Crippen LogP) is 3.32. The van der Waals surface area contributed by atoms with Crippen molar-refractivity contribution >= 4 is 23.4 Å². The molecular weight excluding hydrogens is 606 g/mol. The van der Waals surface area contributed by atoms with E-state index in [1.807, 2.05) is 54.3 Å². The zero-order chi connectivity index (χ0) is 33.5. The first-order chi connectivity index (χ1) is 23.4. The number of benzene rings is 3. The summed E-state index contributed by atoms with van der Waals surface area (Å²) in [5.74, 6) is 0.444. The van der Waals surface area contributed by atoms with Crippen molar-refractivity contribution in [3.63, 3.8) is 0 Å². The van der Waals surface area contributed by atoms with E-state index in [1.165, 1.54) is 0 Å². The summed E-state index contributed by atoms with van der Waals surface area (Å²) in [7, 11) is 0. The summed E-state index contributed by atoms with van der Waals surface area (Å²) in [4.78, 5) is 42.0. The third kappa shape index (κ3) is 7.95. The van der Waals surface area contributed by atoms with Gasteiger partial charge in [-0.1, -0.05) is 30.3 Å². The lowest BCUT2D eigenvalue weighted by atomic mass is 9.81. The van der Waals surface area contributed by atoms with Gasteiger partial charge in [0, 0.05) is 55.3 Å². The van der Waals surface area contributed by atoms with E-state index >= 15 is 0 Å². The van der Waals surface area contributed by atoms with E-state index in [9.17, 15) is 14.4 Å². The number of rotatable bonds is 10. The van der Waals surface area contributed by atoms with Crippen LogP contribution in [0.4, 0.5) is 5.69 Å². The second kappa shape index (κ2) is 15.3. The number of hydrogen-bond acceptors (Lipinski definition) is 8. The van der Waals surface area contributed by atoms with Crippen LogP contribution in [0.25, 0.3) is 22.5 Å². The number of carbonyl (C=O) groups is 3. The van der Waals surface area contributed by atoms with Gasteiger partial charge in [-0.25, -0.2) is 0 Å². The minimum Gasteiger partial charge on any atom is -0.344 e. The molecule has 48 heavy (non-hydrogen) atoms. The number of aromatic nitrogens is 4. The minimum absolute atomic E-state index is 0.0585. The normalized spacial score (nSPS) is 18.6. The van der Waals surface area contributed by atoms with Crippen molar-refractivity contribution in [3.05, 3.63) is 83.4 Å². The summed E-state index contributed by atoms with van der Waals surface area (Å²) in [6, 6.07) is 20.3. The fourth-order valence-electron chi connectivity index (χ4n) is 6.60. The lowest BCUT2D eigenvalue weighted by molar-refractivity contribution is -0.130. The highest BCUT2D eigenvalue weighted by molar-refractivity contribution is 5.98. The topological polar surface area (TPSA) is 171 Å². The first kappa shape index (κ1) is 33.0. The number of piperazine rings is 1. The fraction of sp³-hybridized carbons (Fsp3) is 0.389. The molecule has 6 rings (SSSR count). The zero-order valence-corrected chi connectivity index (χ0v) is 27.2. The van der Waals surface area contributed by atoms with Crippen molar-refractivity contribution in [3.8, 4) is 22.5 Å². The lowest BCUT2D eigenvalue weighted by Gasteiger charge is -2.28. The van der Waals surface area contributed by atoms with Gasteiger partial charge in [-0.2, -0.15) is 5.21 Å². The van der Waals surface area contributed by atoms with Crippen LogP contribution in [0.1, 0.15) is 47.2 Å². The van der Waals surface area contributed by atoms with E-state index in [4.69, 9.17) is 5.73 Å². The molecule has 0 radical (unpaired) electrons. The third-order valence-corrected chi connectivity index (χ3v) is 9.52. The predicted molar refractivity (Wildman–Crippen MR) is 184 cm³/mol. The SMILES string of the molecule is Cc1cc(C(=O)N2CCNCC2)ccc1-c1ccc(C[C@H](NC(=O)C2CCC(CN)CC2)C(=O)Nc2ccc(-c3nn[nH]n3)cc2)cc1. The highest BCUT2D eigenvalue weighted by Gasteiger charge is 2.29. The molecule has 12 heteroatoms. The maximum absolute atomic E-state index is 13.7. The van der Waals surface area contributed by atoms with Gasteiger partial charge in [0.15, 0.2) is 0 Å². The van der Waals surface area contributed by atoms with Crippen molar-refractivity contribution in [2.75, 3.05) is 38.0 Å². The number of nitrogens with two attached hydrogens (primary N) is 1. The van der Waals surface area contributed by atoms with Crippen LogP contribution < -0.4 is 21.7 Å². The third-order valence-electron chi connectivity index (χ3n) is 9.52. The summed E-state index contributed by atoms with van der Waals surface area (Å²) >= 11 is 0. The van der Waals surface area contributed by atoms with Gasteiger partial charge in [0.05, 0.1) is 0 Å². The molecule has 1 aliphatic carbocycles. The van der Waals surface area contributed by atoms with Crippen LogP contribution in [-0.4, -0.2) is 82.0 Å². The average Bonchev–Trinajstić information content (AvgIpc) is 3.67. The van der Waals surface area contributed by atoms with Gasteiger partial charge in [0.2, 0.25) is 17.6 Å². The number of carbonyl (C=O) groups excluding carboxylic acids is 3. The average molecular weight is 650 g/mol. The molecule has 12 nitrogen and oxygen atoms in total. The highest BCUT2D eigenvalue weighted by Crippen LogP contribution is 2.29. The molecular formula is C36H43N9O3. The molecule has 1 aliphatic heterocycles. The van der Waals surface area contributed by atoms with Crippen molar-refractivity contribution < 1.29 is 14.4 Å². The summed E-state index contributed by atoms with van der Waals surface area (Å²) < 4.78 is 0.